The molecule has 1 heterocycles. The van der Waals surface area contributed by atoms with Crippen LogP contribution in [0.3, 0.4) is 0 Å². The minimum atomic E-state index is -3.63. The summed E-state index contributed by atoms with van der Waals surface area (Å²) < 4.78 is 28.1. The zero-order valence-electron chi connectivity index (χ0n) is 15.6. The molecule has 148 valence electrons. The van der Waals surface area contributed by atoms with Gasteiger partial charge < -0.3 is 10.0 Å². The standard InChI is InChI=1S/C20H28N2O4S/c1-2-14-22(17-7-5-3-4-6-8-17)27(25,26)18-11-9-16(10-12-18)21-15-13-19(23)20(21)24/h2,9-12,17,19,23H,1,3-8,13-15H2/t19-/m1/s1. The average Bonchev–Trinajstić information content (AvgIpc) is 2.87. The first-order valence-corrected chi connectivity index (χ1v) is 11.1. The number of sulfonamides is 1. The van der Waals surface area contributed by atoms with Crippen LogP contribution in [0.1, 0.15) is 44.9 Å². The summed E-state index contributed by atoms with van der Waals surface area (Å²) in [6.07, 6.45) is 7.24. The highest BCUT2D eigenvalue weighted by Gasteiger charge is 2.33. The van der Waals surface area contributed by atoms with Crippen molar-refractivity contribution in [3.63, 3.8) is 0 Å². The summed E-state index contributed by atoms with van der Waals surface area (Å²) in [5.74, 6) is -0.336. The summed E-state index contributed by atoms with van der Waals surface area (Å²) in [6, 6.07) is 6.39. The number of anilines is 1. The fraction of sp³-hybridized carbons (Fsp3) is 0.550. The van der Waals surface area contributed by atoms with E-state index in [1.54, 1.807) is 34.6 Å². The lowest BCUT2D eigenvalue weighted by atomic mass is 10.1. The summed E-state index contributed by atoms with van der Waals surface area (Å²) in [7, 11) is -3.63. The zero-order chi connectivity index (χ0) is 19.4. The molecule has 0 bridgehead atoms. The lowest BCUT2D eigenvalue weighted by Gasteiger charge is -2.29. The molecule has 3 rings (SSSR count). The largest absolute Gasteiger partial charge is 0.383 e. The third-order valence-electron chi connectivity index (χ3n) is 5.47. The van der Waals surface area contributed by atoms with Crippen LogP contribution in [0.25, 0.3) is 0 Å². The quantitative estimate of drug-likeness (QED) is 0.596. The maximum absolute atomic E-state index is 13.2. The van der Waals surface area contributed by atoms with Gasteiger partial charge in [0.1, 0.15) is 6.10 Å². The highest BCUT2D eigenvalue weighted by Crippen LogP contribution is 2.29. The van der Waals surface area contributed by atoms with Crippen molar-refractivity contribution in [2.24, 2.45) is 0 Å². The highest BCUT2D eigenvalue weighted by atomic mass is 32.2. The Balaban J connectivity index is 1.83. The number of hydrogen-bond acceptors (Lipinski definition) is 4. The number of carbonyl (C=O) groups is 1. The summed E-state index contributed by atoms with van der Waals surface area (Å²) in [4.78, 5) is 13.7. The molecule has 2 fully saturated rings. The lowest BCUT2D eigenvalue weighted by Crippen LogP contribution is -2.40. The van der Waals surface area contributed by atoms with Gasteiger partial charge in [-0.25, -0.2) is 8.42 Å². The fourth-order valence-corrected chi connectivity index (χ4v) is 5.63. The number of hydrogen-bond donors (Lipinski definition) is 1. The van der Waals surface area contributed by atoms with Crippen LogP contribution in [-0.2, 0) is 14.8 Å². The van der Waals surface area contributed by atoms with Gasteiger partial charge in [0, 0.05) is 31.2 Å². The Bertz CT molecular complexity index is 768. The van der Waals surface area contributed by atoms with Crippen LogP contribution in [-0.4, -0.2) is 49.0 Å². The molecule has 1 aliphatic heterocycles. The van der Waals surface area contributed by atoms with Crippen molar-refractivity contribution in [3.8, 4) is 0 Å². The van der Waals surface area contributed by atoms with Gasteiger partial charge in [-0.15, -0.1) is 6.58 Å². The number of benzene rings is 1. The van der Waals surface area contributed by atoms with E-state index in [-0.39, 0.29) is 16.8 Å². The average molecular weight is 393 g/mol. The maximum atomic E-state index is 13.2. The number of aliphatic hydroxyl groups is 1. The molecule has 0 aromatic heterocycles. The van der Waals surface area contributed by atoms with Crippen molar-refractivity contribution in [2.45, 2.75) is 62.0 Å². The van der Waals surface area contributed by atoms with Crippen LogP contribution in [0.2, 0.25) is 0 Å². The van der Waals surface area contributed by atoms with Crippen LogP contribution in [0.15, 0.2) is 41.8 Å². The van der Waals surface area contributed by atoms with E-state index in [1.165, 1.54) is 4.90 Å². The van der Waals surface area contributed by atoms with Gasteiger partial charge in [0.05, 0.1) is 4.90 Å². The summed E-state index contributed by atoms with van der Waals surface area (Å²) in [5.41, 5.74) is 0.611. The van der Waals surface area contributed by atoms with Gasteiger partial charge in [0.25, 0.3) is 5.91 Å². The number of amides is 1. The molecule has 1 saturated heterocycles. The smallest absolute Gasteiger partial charge is 0.255 e. The summed E-state index contributed by atoms with van der Waals surface area (Å²) in [6.45, 7) is 4.47. The Morgan fingerprint density at radius 3 is 2.26 bits per heavy atom. The Morgan fingerprint density at radius 1 is 1.11 bits per heavy atom. The van der Waals surface area contributed by atoms with Crippen LogP contribution in [0, 0.1) is 0 Å². The van der Waals surface area contributed by atoms with Crippen LogP contribution < -0.4 is 4.90 Å². The van der Waals surface area contributed by atoms with Crippen molar-refractivity contribution < 1.29 is 18.3 Å². The summed E-state index contributed by atoms with van der Waals surface area (Å²) >= 11 is 0. The Morgan fingerprint density at radius 2 is 1.74 bits per heavy atom. The van der Waals surface area contributed by atoms with Crippen LogP contribution in [0.5, 0.6) is 0 Å². The van der Waals surface area contributed by atoms with Crippen molar-refractivity contribution in [1.82, 2.24) is 4.31 Å². The first-order chi connectivity index (χ1) is 12.9. The molecule has 2 aliphatic rings. The number of rotatable bonds is 6. The molecule has 27 heavy (non-hydrogen) atoms. The Hall–Kier alpha value is -1.70. The molecule has 1 atom stereocenters. The predicted octanol–water partition coefficient (Wildman–Crippen LogP) is 2.68. The molecule has 7 heteroatoms. The molecular formula is C20H28N2O4S. The minimum absolute atomic E-state index is 0.00508. The van der Waals surface area contributed by atoms with Gasteiger partial charge in [-0.05, 0) is 37.1 Å². The zero-order valence-corrected chi connectivity index (χ0v) is 16.4. The normalized spacial score (nSPS) is 22.2. The predicted molar refractivity (Wildman–Crippen MR) is 105 cm³/mol. The third kappa shape index (κ3) is 4.25. The first kappa shape index (κ1) is 20.0. The van der Waals surface area contributed by atoms with Crippen molar-refractivity contribution in [1.29, 1.82) is 0 Å². The molecule has 1 N–H and O–H groups in total. The van der Waals surface area contributed by atoms with Crippen molar-refractivity contribution in [2.75, 3.05) is 18.0 Å². The molecule has 1 amide bonds. The SMILES string of the molecule is C=CCN(C1CCCCCC1)S(=O)(=O)c1ccc(N2CC[C@@H](O)C2=O)cc1. The summed E-state index contributed by atoms with van der Waals surface area (Å²) in [5, 5.41) is 9.61. The van der Waals surface area contributed by atoms with E-state index >= 15 is 0 Å². The van der Waals surface area contributed by atoms with Gasteiger partial charge >= 0.3 is 0 Å². The molecule has 0 unspecified atom stereocenters. The second-order valence-electron chi connectivity index (χ2n) is 7.30. The van der Waals surface area contributed by atoms with Crippen LogP contribution in [0.4, 0.5) is 5.69 Å². The van der Waals surface area contributed by atoms with Gasteiger partial charge in [0.15, 0.2) is 0 Å². The number of nitrogens with zero attached hydrogens (tertiary/aromatic N) is 2. The van der Waals surface area contributed by atoms with E-state index in [0.29, 0.717) is 25.2 Å². The molecule has 1 saturated carbocycles. The minimum Gasteiger partial charge on any atom is -0.383 e. The fourth-order valence-electron chi connectivity index (χ4n) is 3.97. The van der Waals surface area contributed by atoms with E-state index in [1.807, 2.05) is 0 Å². The number of carbonyl (C=O) groups excluding carboxylic acids is 1. The molecule has 1 aromatic rings. The second kappa shape index (κ2) is 8.54. The molecule has 0 spiro atoms. The topological polar surface area (TPSA) is 77.9 Å². The van der Waals surface area contributed by atoms with Gasteiger partial charge in [-0.3, -0.25) is 4.79 Å². The van der Waals surface area contributed by atoms with E-state index < -0.39 is 16.1 Å². The van der Waals surface area contributed by atoms with E-state index in [4.69, 9.17) is 0 Å². The van der Waals surface area contributed by atoms with E-state index in [9.17, 15) is 18.3 Å². The van der Waals surface area contributed by atoms with Crippen molar-refractivity contribution >= 4 is 21.6 Å². The van der Waals surface area contributed by atoms with E-state index in [0.717, 1.165) is 38.5 Å². The van der Waals surface area contributed by atoms with Gasteiger partial charge in [-0.2, -0.15) is 4.31 Å². The van der Waals surface area contributed by atoms with Crippen molar-refractivity contribution in [3.05, 3.63) is 36.9 Å². The maximum Gasteiger partial charge on any atom is 0.255 e. The highest BCUT2D eigenvalue weighted by molar-refractivity contribution is 7.89. The molecule has 6 nitrogen and oxygen atoms in total. The molecule has 1 aromatic carbocycles. The molecule has 1 aliphatic carbocycles. The van der Waals surface area contributed by atoms with E-state index in [2.05, 4.69) is 6.58 Å². The Kier molecular flexibility index (Phi) is 6.34. The van der Waals surface area contributed by atoms with Gasteiger partial charge in [-0.1, -0.05) is 31.8 Å². The monoisotopic (exact) mass is 392 g/mol. The number of aliphatic hydroxyl groups excluding tert-OH is 1. The van der Waals surface area contributed by atoms with Crippen LogP contribution >= 0.6 is 0 Å². The third-order valence-corrected chi connectivity index (χ3v) is 7.41. The lowest BCUT2D eigenvalue weighted by molar-refractivity contribution is -0.123. The Labute approximate surface area is 161 Å². The molecule has 0 radical (unpaired) electrons. The van der Waals surface area contributed by atoms with Gasteiger partial charge in [0.2, 0.25) is 10.0 Å². The second-order valence-corrected chi connectivity index (χ2v) is 9.19. The molecular weight excluding hydrogens is 364 g/mol. The first-order valence-electron chi connectivity index (χ1n) is 9.67.